The van der Waals surface area contributed by atoms with Gasteiger partial charge in [-0.2, -0.15) is 13.2 Å². The average molecular weight is 448 g/mol. The summed E-state index contributed by atoms with van der Waals surface area (Å²) < 4.78 is 45.6. The lowest BCUT2D eigenvalue weighted by Gasteiger charge is -2.20. The fourth-order valence-electron chi connectivity index (χ4n) is 4.57. The van der Waals surface area contributed by atoms with Crippen LogP contribution in [-0.4, -0.2) is 48.1 Å². The lowest BCUT2D eigenvalue weighted by molar-refractivity contribution is -0.137. The van der Waals surface area contributed by atoms with Crippen LogP contribution in [0.5, 0.6) is 5.75 Å². The average Bonchev–Trinajstić information content (AvgIpc) is 3.29. The molecule has 2 fully saturated rings. The van der Waals surface area contributed by atoms with E-state index in [2.05, 4.69) is 5.32 Å². The van der Waals surface area contributed by atoms with E-state index in [4.69, 9.17) is 4.74 Å². The van der Waals surface area contributed by atoms with Gasteiger partial charge in [-0.1, -0.05) is 6.07 Å². The van der Waals surface area contributed by atoms with E-state index >= 15 is 0 Å². The summed E-state index contributed by atoms with van der Waals surface area (Å²) in [5.74, 6) is -0.385. The number of hydrogen-bond acceptors (Lipinski definition) is 4. The van der Waals surface area contributed by atoms with E-state index in [-0.39, 0.29) is 34.8 Å². The molecule has 4 rings (SSSR count). The number of halogens is 3. The van der Waals surface area contributed by atoms with Crippen LogP contribution in [0.3, 0.4) is 0 Å². The fraction of sp³-hybridized carbons (Fsp3) is 0.391. The van der Waals surface area contributed by atoms with E-state index in [1.165, 1.54) is 30.2 Å². The van der Waals surface area contributed by atoms with Crippen molar-refractivity contribution in [2.75, 3.05) is 25.5 Å². The Labute approximate surface area is 183 Å². The summed E-state index contributed by atoms with van der Waals surface area (Å²) in [6.45, 7) is 0.810. The zero-order valence-electron chi connectivity index (χ0n) is 17.4. The fourth-order valence-corrected chi connectivity index (χ4v) is 4.57. The number of alkyl halides is 3. The molecule has 9 heteroatoms. The number of carbonyl (C=O) groups excluding carboxylic acids is 2. The number of rotatable bonds is 4. The summed E-state index contributed by atoms with van der Waals surface area (Å²) in [6, 6.07) is 9.09. The Morgan fingerprint density at radius 2 is 1.75 bits per heavy atom. The summed E-state index contributed by atoms with van der Waals surface area (Å²) in [7, 11) is 1.44. The van der Waals surface area contributed by atoms with Gasteiger partial charge in [-0.15, -0.1) is 0 Å². The molecule has 6 nitrogen and oxygen atoms in total. The van der Waals surface area contributed by atoms with Crippen LogP contribution in [0.15, 0.2) is 42.5 Å². The Kier molecular flexibility index (Phi) is 5.85. The number of hydrogen-bond donors (Lipinski definition) is 2. The number of aliphatic hydroxyl groups is 1. The Hall–Kier alpha value is -3.07. The van der Waals surface area contributed by atoms with Crippen LogP contribution in [0, 0.1) is 11.8 Å². The van der Waals surface area contributed by atoms with E-state index in [0.717, 1.165) is 12.1 Å². The molecular weight excluding hydrogens is 425 g/mol. The van der Waals surface area contributed by atoms with Crippen molar-refractivity contribution >= 4 is 17.5 Å². The number of fused-ring (bicyclic) bond motifs is 1. The van der Waals surface area contributed by atoms with E-state index < -0.39 is 23.6 Å². The van der Waals surface area contributed by atoms with Crippen LogP contribution in [-0.2, 0) is 6.18 Å². The van der Waals surface area contributed by atoms with Crippen molar-refractivity contribution in [2.45, 2.75) is 25.1 Å². The Morgan fingerprint density at radius 1 is 1.06 bits per heavy atom. The third kappa shape index (κ3) is 4.57. The van der Waals surface area contributed by atoms with Crippen LogP contribution >= 0.6 is 0 Å². The van der Waals surface area contributed by atoms with Crippen LogP contribution in [0.25, 0.3) is 0 Å². The van der Waals surface area contributed by atoms with Gasteiger partial charge in [0.05, 0.1) is 18.8 Å². The highest BCUT2D eigenvalue weighted by Crippen LogP contribution is 2.39. The molecule has 1 heterocycles. The smallest absolute Gasteiger partial charge is 0.416 e. The minimum atomic E-state index is -4.68. The Balaban J connectivity index is 1.59. The topological polar surface area (TPSA) is 78.9 Å². The number of likely N-dealkylation sites (tertiary alicyclic amines) is 1. The number of benzene rings is 2. The first-order valence-electron chi connectivity index (χ1n) is 10.3. The number of carbonyl (C=O) groups is 2. The predicted molar refractivity (Wildman–Crippen MR) is 111 cm³/mol. The highest BCUT2D eigenvalue weighted by atomic mass is 19.4. The van der Waals surface area contributed by atoms with Crippen LogP contribution in [0.1, 0.15) is 39.1 Å². The quantitative estimate of drug-likeness (QED) is 0.746. The summed E-state index contributed by atoms with van der Waals surface area (Å²) in [6.07, 6.45) is -3.87. The molecule has 1 saturated carbocycles. The van der Waals surface area contributed by atoms with Crippen LogP contribution < -0.4 is 10.1 Å². The third-order valence-corrected chi connectivity index (χ3v) is 6.11. The zero-order chi connectivity index (χ0) is 23.0. The molecule has 2 N–H and O–H groups in total. The number of nitrogens with zero attached hydrogens (tertiary/aromatic N) is 1. The molecule has 1 aliphatic carbocycles. The highest BCUT2D eigenvalue weighted by Gasteiger charge is 2.42. The first kappa shape index (κ1) is 22.1. The van der Waals surface area contributed by atoms with Gasteiger partial charge < -0.3 is 20.1 Å². The minimum absolute atomic E-state index is 0.120. The van der Waals surface area contributed by atoms with Crippen molar-refractivity contribution in [2.24, 2.45) is 11.8 Å². The second-order valence-electron chi connectivity index (χ2n) is 8.34. The first-order chi connectivity index (χ1) is 15.1. The summed E-state index contributed by atoms with van der Waals surface area (Å²) >= 11 is 0. The van der Waals surface area contributed by atoms with Gasteiger partial charge in [0.1, 0.15) is 5.75 Å². The zero-order valence-corrected chi connectivity index (χ0v) is 17.4. The molecule has 1 aliphatic heterocycles. The maximum absolute atomic E-state index is 13.5. The van der Waals surface area contributed by atoms with E-state index in [9.17, 15) is 27.9 Å². The van der Waals surface area contributed by atoms with Gasteiger partial charge in [-0.3, -0.25) is 9.59 Å². The number of ether oxygens (including phenoxy) is 1. The molecule has 2 aromatic rings. The molecule has 1 unspecified atom stereocenters. The van der Waals surface area contributed by atoms with Gasteiger partial charge in [0, 0.05) is 29.9 Å². The molecule has 3 atom stereocenters. The van der Waals surface area contributed by atoms with Crippen LogP contribution in [0.4, 0.5) is 18.9 Å². The first-order valence-corrected chi connectivity index (χ1v) is 10.3. The second-order valence-corrected chi connectivity index (χ2v) is 8.34. The number of aliphatic hydroxyl groups excluding tert-OH is 1. The predicted octanol–water partition coefficient (Wildman–Crippen LogP) is 3.81. The van der Waals surface area contributed by atoms with Gasteiger partial charge in [0.2, 0.25) is 0 Å². The lowest BCUT2D eigenvalue weighted by Crippen LogP contribution is -2.30. The largest absolute Gasteiger partial charge is 0.497 e. The van der Waals surface area contributed by atoms with E-state index in [1.54, 1.807) is 12.1 Å². The van der Waals surface area contributed by atoms with E-state index in [0.29, 0.717) is 31.7 Å². The van der Waals surface area contributed by atoms with Crippen molar-refractivity contribution in [3.8, 4) is 5.75 Å². The summed E-state index contributed by atoms with van der Waals surface area (Å²) in [5, 5.41) is 12.2. The Bertz CT molecular complexity index is 1030. The maximum atomic E-state index is 13.5. The monoisotopic (exact) mass is 448 g/mol. The normalized spacial score (nSPS) is 22.5. The molecule has 0 radical (unpaired) electrons. The highest BCUT2D eigenvalue weighted by molar-refractivity contribution is 6.05. The molecule has 0 bridgehead atoms. The second kappa shape index (κ2) is 8.46. The van der Waals surface area contributed by atoms with E-state index in [1.807, 2.05) is 0 Å². The van der Waals surface area contributed by atoms with Crippen LogP contribution in [0.2, 0.25) is 0 Å². The minimum Gasteiger partial charge on any atom is -0.497 e. The summed E-state index contributed by atoms with van der Waals surface area (Å²) in [5.41, 5.74) is -1.06. The van der Waals surface area contributed by atoms with Gasteiger partial charge in [-0.05, 0) is 61.1 Å². The van der Waals surface area contributed by atoms with Crippen molar-refractivity contribution in [3.63, 3.8) is 0 Å². The van der Waals surface area contributed by atoms with Gasteiger partial charge in [0.15, 0.2) is 0 Å². The molecule has 32 heavy (non-hydrogen) atoms. The molecule has 2 amide bonds. The van der Waals surface area contributed by atoms with Gasteiger partial charge in [0.25, 0.3) is 11.8 Å². The number of nitrogens with one attached hydrogen (secondary N) is 1. The van der Waals surface area contributed by atoms with Crippen molar-refractivity contribution in [1.82, 2.24) is 4.90 Å². The Morgan fingerprint density at radius 3 is 2.38 bits per heavy atom. The standard InChI is InChI=1S/C23H23F3N2O4/c1-32-20-4-2-3-13(9-20)21(30)27-18-6-14(5-17(10-18)23(24,25)26)22(31)28-11-15-7-19(29)8-16(15)12-28/h2-6,9-10,15-16,19,29H,7-8,11-12H2,1H3,(H,27,30)/t15-,16+,19?. The molecule has 0 spiro atoms. The number of amides is 2. The maximum Gasteiger partial charge on any atom is 0.416 e. The van der Waals surface area contributed by atoms with Crippen molar-refractivity contribution in [3.05, 3.63) is 59.2 Å². The molecule has 2 aromatic carbocycles. The molecule has 0 aromatic heterocycles. The summed E-state index contributed by atoms with van der Waals surface area (Å²) in [4.78, 5) is 27.1. The molecule has 2 aliphatic rings. The number of methoxy groups -OCH3 is 1. The molecule has 170 valence electrons. The molecular formula is C23H23F3N2O4. The lowest BCUT2D eigenvalue weighted by atomic mass is 10.0. The van der Waals surface area contributed by atoms with Crippen molar-refractivity contribution in [1.29, 1.82) is 0 Å². The third-order valence-electron chi connectivity index (χ3n) is 6.11. The molecule has 1 saturated heterocycles. The van der Waals surface area contributed by atoms with Crippen molar-refractivity contribution < 1.29 is 32.6 Å². The number of anilines is 1. The van der Waals surface area contributed by atoms with Gasteiger partial charge in [-0.25, -0.2) is 0 Å². The van der Waals surface area contributed by atoms with Gasteiger partial charge >= 0.3 is 6.18 Å². The SMILES string of the molecule is COc1cccc(C(=O)Nc2cc(C(=O)N3C[C@H]4CC(O)C[C@H]4C3)cc(C(F)(F)F)c2)c1.